The molecular formula is C13H12N2O3. The fraction of sp³-hybridized carbons (Fsp3) is 0.154. The molecule has 1 amide bonds. The molecule has 0 aliphatic heterocycles. The van der Waals surface area contributed by atoms with Crippen molar-refractivity contribution in [1.29, 1.82) is 0 Å². The number of aldehydes is 1. The number of oxazole rings is 1. The summed E-state index contributed by atoms with van der Waals surface area (Å²) in [7, 11) is 0. The molecule has 18 heavy (non-hydrogen) atoms. The topological polar surface area (TPSA) is 72.2 Å². The molecule has 0 aliphatic carbocycles. The van der Waals surface area contributed by atoms with E-state index >= 15 is 0 Å². The third-order valence-electron chi connectivity index (χ3n) is 2.41. The number of amides is 1. The number of hydrogen-bond acceptors (Lipinski definition) is 4. The highest BCUT2D eigenvalue weighted by Crippen LogP contribution is 2.13. The van der Waals surface area contributed by atoms with Crippen LogP contribution in [0.2, 0.25) is 0 Å². The number of aryl methyl sites for hydroxylation is 2. The first-order chi connectivity index (χ1) is 8.60. The van der Waals surface area contributed by atoms with Crippen LogP contribution in [-0.4, -0.2) is 17.2 Å². The molecule has 0 radical (unpaired) electrons. The molecule has 2 aromatic rings. The van der Waals surface area contributed by atoms with E-state index in [0.717, 1.165) is 6.29 Å². The molecular weight excluding hydrogens is 232 g/mol. The van der Waals surface area contributed by atoms with E-state index in [1.807, 2.05) is 0 Å². The number of nitrogens with zero attached hydrogens (tertiary/aromatic N) is 1. The van der Waals surface area contributed by atoms with Gasteiger partial charge < -0.3 is 9.73 Å². The van der Waals surface area contributed by atoms with Gasteiger partial charge in [0.25, 0.3) is 5.91 Å². The average molecular weight is 244 g/mol. The van der Waals surface area contributed by atoms with Gasteiger partial charge in [0.2, 0.25) is 5.76 Å². The highest BCUT2D eigenvalue weighted by atomic mass is 16.4. The van der Waals surface area contributed by atoms with E-state index < -0.39 is 0 Å². The van der Waals surface area contributed by atoms with E-state index in [0.29, 0.717) is 22.8 Å². The summed E-state index contributed by atoms with van der Waals surface area (Å²) in [6, 6.07) is 6.56. The van der Waals surface area contributed by atoms with Crippen molar-refractivity contribution in [2.24, 2.45) is 0 Å². The van der Waals surface area contributed by atoms with Crippen LogP contribution in [0.4, 0.5) is 5.69 Å². The predicted octanol–water partition coefficient (Wildman–Crippen LogP) is 2.36. The van der Waals surface area contributed by atoms with Crippen molar-refractivity contribution in [3.8, 4) is 0 Å². The lowest BCUT2D eigenvalue weighted by atomic mass is 10.2. The minimum absolute atomic E-state index is 0.201. The molecule has 1 heterocycles. The molecule has 1 N–H and O–H groups in total. The lowest BCUT2D eigenvalue weighted by molar-refractivity contribution is 0.0994. The smallest absolute Gasteiger partial charge is 0.293 e. The van der Waals surface area contributed by atoms with Gasteiger partial charge in [-0.2, -0.15) is 0 Å². The zero-order chi connectivity index (χ0) is 13.1. The second kappa shape index (κ2) is 4.83. The number of carbonyl (C=O) groups excluding carboxylic acids is 2. The number of anilines is 1. The monoisotopic (exact) mass is 244 g/mol. The number of aromatic nitrogens is 1. The first-order valence-corrected chi connectivity index (χ1v) is 5.41. The highest BCUT2D eigenvalue weighted by Gasteiger charge is 2.15. The quantitative estimate of drug-likeness (QED) is 0.841. The molecule has 0 spiro atoms. The van der Waals surface area contributed by atoms with Gasteiger partial charge >= 0.3 is 0 Å². The lowest BCUT2D eigenvalue weighted by Crippen LogP contribution is -2.12. The van der Waals surface area contributed by atoms with Crippen molar-refractivity contribution in [2.75, 3.05) is 5.32 Å². The van der Waals surface area contributed by atoms with Gasteiger partial charge in [-0.05, 0) is 31.2 Å². The van der Waals surface area contributed by atoms with Crippen LogP contribution >= 0.6 is 0 Å². The van der Waals surface area contributed by atoms with Crippen molar-refractivity contribution in [1.82, 2.24) is 4.98 Å². The number of carbonyl (C=O) groups is 2. The Morgan fingerprint density at radius 2 is 1.94 bits per heavy atom. The van der Waals surface area contributed by atoms with Crippen molar-refractivity contribution in [3.63, 3.8) is 0 Å². The minimum atomic E-state index is -0.355. The Morgan fingerprint density at radius 3 is 2.44 bits per heavy atom. The summed E-state index contributed by atoms with van der Waals surface area (Å²) in [4.78, 5) is 26.4. The third kappa shape index (κ3) is 2.45. The van der Waals surface area contributed by atoms with Crippen molar-refractivity contribution in [3.05, 3.63) is 47.2 Å². The normalized spacial score (nSPS) is 10.1. The summed E-state index contributed by atoms with van der Waals surface area (Å²) in [6.45, 7) is 3.39. The Kier molecular flexibility index (Phi) is 3.23. The van der Waals surface area contributed by atoms with Gasteiger partial charge in [0, 0.05) is 18.2 Å². The summed E-state index contributed by atoms with van der Waals surface area (Å²) >= 11 is 0. The largest absolute Gasteiger partial charge is 0.436 e. The Morgan fingerprint density at radius 1 is 1.28 bits per heavy atom. The summed E-state index contributed by atoms with van der Waals surface area (Å²) < 4.78 is 5.21. The van der Waals surface area contributed by atoms with Crippen LogP contribution in [0.1, 0.15) is 32.5 Å². The van der Waals surface area contributed by atoms with Crippen LogP contribution in [0.25, 0.3) is 0 Å². The summed E-state index contributed by atoms with van der Waals surface area (Å²) in [5.41, 5.74) is 1.70. The molecule has 1 aromatic heterocycles. The van der Waals surface area contributed by atoms with Crippen LogP contribution in [0.5, 0.6) is 0 Å². The van der Waals surface area contributed by atoms with Gasteiger partial charge in [0.15, 0.2) is 5.89 Å². The number of nitrogens with one attached hydrogen (secondary N) is 1. The molecule has 0 atom stereocenters. The SMILES string of the molecule is Cc1nc(C)c(C(=O)Nc2ccc(C=O)cc2)o1. The van der Waals surface area contributed by atoms with Gasteiger partial charge in [0.05, 0.1) is 5.69 Å². The predicted molar refractivity (Wildman–Crippen MR) is 65.8 cm³/mol. The van der Waals surface area contributed by atoms with Crippen LogP contribution in [-0.2, 0) is 0 Å². The van der Waals surface area contributed by atoms with E-state index in [9.17, 15) is 9.59 Å². The second-order valence-corrected chi connectivity index (χ2v) is 3.84. The highest BCUT2D eigenvalue weighted by molar-refractivity contribution is 6.03. The maximum Gasteiger partial charge on any atom is 0.293 e. The molecule has 5 heteroatoms. The average Bonchev–Trinajstić information content (AvgIpc) is 2.69. The zero-order valence-corrected chi connectivity index (χ0v) is 10.1. The van der Waals surface area contributed by atoms with E-state index in [4.69, 9.17) is 4.42 Å². The first-order valence-electron chi connectivity index (χ1n) is 5.41. The molecule has 0 unspecified atom stereocenters. The zero-order valence-electron chi connectivity index (χ0n) is 10.1. The fourth-order valence-electron chi connectivity index (χ4n) is 1.57. The van der Waals surface area contributed by atoms with Gasteiger partial charge in [-0.25, -0.2) is 4.98 Å². The van der Waals surface area contributed by atoms with Gasteiger partial charge in [-0.3, -0.25) is 9.59 Å². The van der Waals surface area contributed by atoms with Gasteiger partial charge in [-0.1, -0.05) is 0 Å². The molecule has 92 valence electrons. The maximum atomic E-state index is 11.9. The molecule has 2 rings (SSSR count). The molecule has 0 saturated carbocycles. The first kappa shape index (κ1) is 12.0. The van der Waals surface area contributed by atoms with Crippen molar-refractivity contribution >= 4 is 17.9 Å². The Labute approximate surface area is 104 Å². The minimum Gasteiger partial charge on any atom is -0.436 e. The standard InChI is InChI=1S/C13H12N2O3/c1-8-12(18-9(2)14-8)13(17)15-11-5-3-10(7-16)4-6-11/h3-7H,1-2H3,(H,15,17). The Balaban J connectivity index is 2.15. The van der Waals surface area contributed by atoms with E-state index in [1.165, 1.54) is 0 Å². The van der Waals surface area contributed by atoms with E-state index in [-0.39, 0.29) is 11.7 Å². The number of hydrogen-bond donors (Lipinski definition) is 1. The van der Waals surface area contributed by atoms with Crippen LogP contribution < -0.4 is 5.32 Å². The summed E-state index contributed by atoms with van der Waals surface area (Å²) in [6.07, 6.45) is 0.746. The van der Waals surface area contributed by atoms with Gasteiger partial charge in [0.1, 0.15) is 6.29 Å². The second-order valence-electron chi connectivity index (χ2n) is 3.84. The molecule has 0 aliphatic rings. The molecule has 5 nitrogen and oxygen atoms in total. The molecule has 1 aromatic carbocycles. The van der Waals surface area contributed by atoms with Crippen LogP contribution in [0.15, 0.2) is 28.7 Å². The van der Waals surface area contributed by atoms with Crippen LogP contribution in [0.3, 0.4) is 0 Å². The summed E-state index contributed by atoms with van der Waals surface area (Å²) in [5, 5.41) is 2.68. The summed E-state index contributed by atoms with van der Waals surface area (Å²) in [5.74, 6) is 0.299. The molecule has 0 fully saturated rings. The maximum absolute atomic E-state index is 11.9. The van der Waals surface area contributed by atoms with Crippen LogP contribution in [0, 0.1) is 13.8 Å². The lowest BCUT2D eigenvalue weighted by Gasteiger charge is -2.03. The van der Waals surface area contributed by atoms with E-state index in [1.54, 1.807) is 38.1 Å². The fourth-order valence-corrected chi connectivity index (χ4v) is 1.57. The number of rotatable bonds is 3. The Bertz CT molecular complexity index is 585. The number of benzene rings is 1. The van der Waals surface area contributed by atoms with Crippen molar-refractivity contribution < 1.29 is 14.0 Å². The van der Waals surface area contributed by atoms with Gasteiger partial charge in [-0.15, -0.1) is 0 Å². The Hall–Kier alpha value is -2.43. The van der Waals surface area contributed by atoms with E-state index in [2.05, 4.69) is 10.3 Å². The van der Waals surface area contributed by atoms with Crippen molar-refractivity contribution in [2.45, 2.75) is 13.8 Å². The molecule has 0 saturated heterocycles. The molecule has 0 bridgehead atoms. The third-order valence-corrected chi connectivity index (χ3v) is 2.41.